The van der Waals surface area contributed by atoms with Crippen LogP contribution in [0.3, 0.4) is 0 Å². The lowest BCUT2D eigenvalue weighted by Gasteiger charge is -2.18. The standard InChI is InChI=1S/C22H43O8P/c1-3-5-7-9-10-11-12-13-15-16-21(23)28-18-20(19-29-31(25,26)27)30-22(24)17-14-8-6-4-2/h20H,3-19H2,1-2H3,(H2,25,26,27)/t20-/m0/s1. The van der Waals surface area contributed by atoms with Gasteiger partial charge in [-0.2, -0.15) is 0 Å². The van der Waals surface area contributed by atoms with Gasteiger partial charge in [-0.3, -0.25) is 14.1 Å². The van der Waals surface area contributed by atoms with Gasteiger partial charge in [-0.15, -0.1) is 0 Å². The molecular weight excluding hydrogens is 423 g/mol. The molecule has 0 spiro atoms. The first-order valence-electron chi connectivity index (χ1n) is 11.8. The summed E-state index contributed by atoms with van der Waals surface area (Å²) in [7, 11) is -4.71. The minimum atomic E-state index is -4.71. The van der Waals surface area contributed by atoms with Crippen molar-refractivity contribution < 1.29 is 37.9 Å². The summed E-state index contributed by atoms with van der Waals surface area (Å²) in [6, 6.07) is 0. The van der Waals surface area contributed by atoms with Crippen LogP contribution in [0, 0.1) is 0 Å². The zero-order valence-electron chi connectivity index (χ0n) is 19.4. The van der Waals surface area contributed by atoms with Crippen LogP contribution in [-0.4, -0.2) is 41.0 Å². The van der Waals surface area contributed by atoms with Gasteiger partial charge in [-0.1, -0.05) is 84.5 Å². The van der Waals surface area contributed by atoms with Gasteiger partial charge in [0.25, 0.3) is 0 Å². The average molecular weight is 467 g/mol. The number of carbonyl (C=O) groups excluding carboxylic acids is 2. The number of carbonyl (C=O) groups is 2. The summed E-state index contributed by atoms with van der Waals surface area (Å²) in [5, 5.41) is 0. The Bertz CT molecular complexity index is 506. The molecule has 0 amide bonds. The largest absolute Gasteiger partial charge is 0.469 e. The fraction of sp³-hybridized carbons (Fsp3) is 0.909. The molecule has 0 unspecified atom stereocenters. The number of esters is 2. The Morgan fingerprint density at radius 2 is 1.16 bits per heavy atom. The maximum Gasteiger partial charge on any atom is 0.469 e. The Morgan fingerprint density at radius 1 is 0.710 bits per heavy atom. The topological polar surface area (TPSA) is 119 Å². The van der Waals surface area contributed by atoms with Crippen molar-refractivity contribution in [2.24, 2.45) is 0 Å². The second kappa shape index (κ2) is 19.7. The van der Waals surface area contributed by atoms with E-state index in [4.69, 9.17) is 19.3 Å². The van der Waals surface area contributed by atoms with E-state index in [9.17, 15) is 14.2 Å². The highest BCUT2D eigenvalue weighted by Gasteiger charge is 2.22. The van der Waals surface area contributed by atoms with E-state index in [0.717, 1.165) is 38.5 Å². The Kier molecular flexibility index (Phi) is 19.1. The van der Waals surface area contributed by atoms with Crippen LogP contribution in [0.5, 0.6) is 0 Å². The van der Waals surface area contributed by atoms with E-state index in [-0.39, 0.29) is 19.4 Å². The van der Waals surface area contributed by atoms with Crippen molar-refractivity contribution in [3.63, 3.8) is 0 Å². The van der Waals surface area contributed by atoms with Gasteiger partial charge in [0, 0.05) is 12.8 Å². The highest BCUT2D eigenvalue weighted by Crippen LogP contribution is 2.35. The SMILES string of the molecule is CCCCCCCCCCCC(=O)OC[C@@H](COP(=O)(O)O)OC(=O)CCCCCC. The van der Waals surface area contributed by atoms with E-state index in [2.05, 4.69) is 18.4 Å². The van der Waals surface area contributed by atoms with Crippen LogP contribution in [0.15, 0.2) is 0 Å². The van der Waals surface area contributed by atoms with Crippen molar-refractivity contribution in [3.05, 3.63) is 0 Å². The van der Waals surface area contributed by atoms with Gasteiger partial charge in [0.2, 0.25) is 0 Å². The van der Waals surface area contributed by atoms with Crippen molar-refractivity contribution in [1.82, 2.24) is 0 Å². The van der Waals surface area contributed by atoms with Gasteiger partial charge in [0.1, 0.15) is 6.61 Å². The summed E-state index contributed by atoms with van der Waals surface area (Å²) in [6.07, 6.45) is 13.4. The quantitative estimate of drug-likeness (QED) is 0.130. The molecule has 8 nitrogen and oxygen atoms in total. The molecule has 0 heterocycles. The van der Waals surface area contributed by atoms with Crippen molar-refractivity contribution in [1.29, 1.82) is 0 Å². The number of phosphoric acid groups is 1. The molecule has 0 aliphatic carbocycles. The van der Waals surface area contributed by atoms with E-state index in [1.165, 1.54) is 38.5 Å². The monoisotopic (exact) mass is 466 g/mol. The lowest BCUT2D eigenvalue weighted by Crippen LogP contribution is -2.29. The third-order valence-corrected chi connectivity index (χ3v) is 5.36. The van der Waals surface area contributed by atoms with Gasteiger partial charge < -0.3 is 19.3 Å². The summed E-state index contributed by atoms with van der Waals surface area (Å²) in [6.45, 7) is 3.45. The van der Waals surface area contributed by atoms with Crippen LogP contribution in [0.4, 0.5) is 0 Å². The zero-order valence-corrected chi connectivity index (χ0v) is 20.3. The van der Waals surface area contributed by atoms with Crippen molar-refractivity contribution in [2.75, 3.05) is 13.2 Å². The molecule has 2 N–H and O–H groups in total. The first-order valence-corrected chi connectivity index (χ1v) is 13.4. The molecule has 184 valence electrons. The molecule has 0 bridgehead atoms. The predicted octanol–water partition coefficient (Wildman–Crippen LogP) is 5.44. The summed E-state index contributed by atoms with van der Waals surface area (Å²) in [4.78, 5) is 41.6. The fourth-order valence-electron chi connectivity index (χ4n) is 3.08. The third-order valence-electron chi connectivity index (χ3n) is 4.88. The average Bonchev–Trinajstić information content (AvgIpc) is 2.71. The molecule has 0 fully saturated rings. The number of hydrogen-bond donors (Lipinski definition) is 2. The van der Waals surface area contributed by atoms with Gasteiger partial charge in [-0.05, 0) is 12.8 Å². The molecule has 0 aromatic heterocycles. The van der Waals surface area contributed by atoms with Crippen LogP contribution in [0.2, 0.25) is 0 Å². The maximum atomic E-state index is 11.9. The second-order valence-electron chi connectivity index (χ2n) is 7.97. The van der Waals surface area contributed by atoms with Crippen LogP contribution in [0.25, 0.3) is 0 Å². The zero-order chi connectivity index (χ0) is 23.4. The highest BCUT2D eigenvalue weighted by molar-refractivity contribution is 7.46. The highest BCUT2D eigenvalue weighted by atomic mass is 31.2. The van der Waals surface area contributed by atoms with Crippen LogP contribution < -0.4 is 0 Å². The van der Waals surface area contributed by atoms with Crippen molar-refractivity contribution in [2.45, 2.75) is 116 Å². The third kappa shape index (κ3) is 22.0. The molecule has 0 aliphatic heterocycles. The molecule has 0 rings (SSSR count). The first kappa shape index (κ1) is 30.0. The molecular formula is C22H43O8P. The smallest absolute Gasteiger partial charge is 0.462 e. The molecule has 9 heteroatoms. The summed E-state index contributed by atoms with van der Waals surface area (Å²) in [5.41, 5.74) is 0. The fourth-order valence-corrected chi connectivity index (χ4v) is 3.44. The lowest BCUT2D eigenvalue weighted by molar-refractivity contribution is -0.161. The van der Waals surface area contributed by atoms with Crippen LogP contribution in [-0.2, 0) is 28.2 Å². The number of phosphoric ester groups is 1. The molecule has 31 heavy (non-hydrogen) atoms. The van der Waals surface area contributed by atoms with Crippen LogP contribution in [0.1, 0.15) is 110 Å². The van der Waals surface area contributed by atoms with E-state index in [1.54, 1.807) is 0 Å². The number of ether oxygens (including phenoxy) is 2. The molecule has 0 aromatic rings. The predicted molar refractivity (Wildman–Crippen MR) is 119 cm³/mol. The minimum absolute atomic E-state index is 0.207. The number of rotatable bonds is 21. The minimum Gasteiger partial charge on any atom is -0.462 e. The van der Waals surface area contributed by atoms with Gasteiger partial charge in [0.05, 0.1) is 6.61 Å². The summed E-state index contributed by atoms with van der Waals surface area (Å²) < 4.78 is 25.7. The molecule has 0 saturated carbocycles. The lowest BCUT2D eigenvalue weighted by atomic mass is 10.1. The summed E-state index contributed by atoms with van der Waals surface area (Å²) in [5.74, 6) is -0.909. The van der Waals surface area contributed by atoms with Crippen molar-refractivity contribution >= 4 is 19.8 Å². The second-order valence-corrected chi connectivity index (χ2v) is 9.21. The van der Waals surface area contributed by atoms with E-state index in [0.29, 0.717) is 6.42 Å². The van der Waals surface area contributed by atoms with Crippen molar-refractivity contribution in [3.8, 4) is 0 Å². The van der Waals surface area contributed by atoms with E-state index < -0.39 is 32.5 Å². The maximum absolute atomic E-state index is 11.9. The number of hydrogen-bond acceptors (Lipinski definition) is 6. The Hall–Kier alpha value is -0.950. The Balaban J connectivity index is 4.10. The van der Waals surface area contributed by atoms with E-state index >= 15 is 0 Å². The summed E-state index contributed by atoms with van der Waals surface area (Å²) >= 11 is 0. The molecule has 1 atom stereocenters. The van der Waals surface area contributed by atoms with Crippen LogP contribution >= 0.6 is 7.82 Å². The Labute approximate surface area is 187 Å². The molecule has 0 aromatic carbocycles. The molecule has 0 aliphatic rings. The van der Waals surface area contributed by atoms with Gasteiger partial charge in [0.15, 0.2) is 6.10 Å². The first-order chi connectivity index (χ1) is 14.8. The van der Waals surface area contributed by atoms with Gasteiger partial charge in [-0.25, -0.2) is 4.57 Å². The normalized spacial score (nSPS) is 12.5. The molecule has 0 saturated heterocycles. The van der Waals surface area contributed by atoms with Gasteiger partial charge >= 0.3 is 19.8 Å². The molecule has 0 radical (unpaired) electrons. The Morgan fingerprint density at radius 3 is 1.68 bits per heavy atom. The van der Waals surface area contributed by atoms with E-state index in [1.807, 2.05) is 0 Å². The number of unbranched alkanes of at least 4 members (excludes halogenated alkanes) is 11.